The van der Waals surface area contributed by atoms with Crippen molar-refractivity contribution >= 4 is 28.9 Å². The molecule has 0 bridgehead atoms. The molecule has 2 atom stereocenters. The average molecular weight is 634 g/mol. The van der Waals surface area contributed by atoms with Crippen LogP contribution in [0.15, 0.2) is 48.7 Å². The van der Waals surface area contributed by atoms with Crippen molar-refractivity contribution in [3.8, 4) is 11.1 Å². The molecule has 0 radical (unpaired) electrons. The van der Waals surface area contributed by atoms with E-state index in [0.29, 0.717) is 24.5 Å². The smallest absolute Gasteiger partial charge is 0.341 e. The van der Waals surface area contributed by atoms with Gasteiger partial charge in [-0.1, -0.05) is 29.8 Å². The van der Waals surface area contributed by atoms with Gasteiger partial charge in [-0.2, -0.15) is 5.10 Å². The second-order valence-corrected chi connectivity index (χ2v) is 12.2. The van der Waals surface area contributed by atoms with Crippen molar-refractivity contribution in [1.82, 2.24) is 14.7 Å². The highest BCUT2D eigenvalue weighted by molar-refractivity contribution is 6.31. The fraction of sp³-hybridized carbons (Fsp3) is 0.500. The monoisotopic (exact) mass is 633 g/mol. The van der Waals surface area contributed by atoms with Crippen LogP contribution in [0.3, 0.4) is 0 Å². The van der Waals surface area contributed by atoms with E-state index in [0.717, 1.165) is 61.6 Å². The van der Waals surface area contributed by atoms with Crippen LogP contribution in [0, 0.1) is 5.92 Å². The summed E-state index contributed by atoms with van der Waals surface area (Å²) >= 11 is 6.45. The largest absolute Gasteiger partial charge is 0.462 e. The summed E-state index contributed by atoms with van der Waals surface area (Å²) in [5.41, 5.74) is 3.33. The van der Waals surface area contributed by atoms with Gasteiger partial charge in [0, 0.05) is 80.1 Å². The van der Waals surface area contributed by atoms with Crippen LogP contribution in [-0.2, 0) is 4.74 Å². The standard InChI is InChI=1S/C32H36ClF4N5O2/c1-2-44-31(43)27-18-38-42(29(27)30(34)35)25-4-3-11-41(20-25)28-16-23(33)7-10-26(28)21-5-8-24(9-6-21)40-14-12-39(13-15-40)19-22-17-32(22,36)37/h5-10,16,18,22,25,30H,2-4,11-15,17,19-20H2,1H3. The van der Waals surface area contributed by atoms with Gasteiger partial charge >= 0.3 is 5.97 Å². The normalized spacial score (nSPS) is 22.0. The highest BCUT2D eigenvalue weighted by Crippen LogP contribution is 2.49. The van der Waals surface area contributed by atoms with Crippen molar-refractivity contribution in [2.75, 3.05) is 62.2 Å². The predicted octanol–water partition coefficient (Wildman–Crippen LogP) is 6.94. The van der Waals surface area contributed by atoms with E-state index < -0.39 is 29.9 Å². The molecule has 2 saturated heterocycles. The van der Waals surface area contributed by atoms with Crippen LogP contribution in [0.4, 0.5) is 28.9 Å². The van der Waals surface area contributed by atoms with Crippen LogP contribution in [0.5, 0.6) is 0 Å². The molecular weight excluding hydrogens is 598 g/mol. The van der Waals surface area contributed by atoms with E-state index in [1.54, 1.807) is 6.92 Å². The maximum atomic E-state index is 14.2. The first-order valence-electron chi connectivity index (χ1n) is 15.2. The summed E-state index contributed by atoms with van der Waals surface area (Å²) in [5, 5.41) is 4.79. The number of carbonyl (C=O) groups excluding carboxylic acids is 1. The molecule has 1 aliphatic carbocycles. The van der Waals surface area contributed by atoms with E-state index in [4.69, 9.17) is 16.3 Å². The first-order chi connectivity index (χ1) is 21.1. The molecule has 0 spiro atoms. The molecule has 3 fully saturated rings. The Bertz CT molecular complexity index is 1480. The first kappa shape index (κ1) is 30.7. The number of benzene rings is 2. The predicted molar refractivity (Wildman–Crippen MR) is 162 cm³/mol. The number of hydrogen-bond donors (Lipinski definition) is 0. The lowest BCUT2D eigenvalue weighted by Crippen LogP contribution is -2.47. The number of rotatable bonds is 9. The van der Waals surface area contributed by atoms with E-state index in [1.807, 2.05) is 18.2 Å². The van der Waals surface area contributed by atoms with Crippen LogP contribution in [0.2, 0.25) is 5.02 Å². The minimum atomic E-state index is -2.88. The Kier molecular flexibility index (Phi) is 8.79. The maximum absolute atomic E-state index is 14.2. The lowest BCUT2D eigenvalue weighted by atomic mass is 9.99. The molecule has 3 heterocycles. The third-order valence-corrected chi connectivity index (χ3v) is 9.16. The van der Waals surface area contributed by atoms with Crippen LogP contribution >= 0.6 is 11.6 Å². The van der Waals surface area contributed by atoms with E-state index >= 15 is 0 Å². The molecule has 1 saturated carbocycles. The Morgan fingerprint density at radius 2 is 1.80 bits per heavy atom. The number of esters is 1. The number of halogens is 5. The second-order valence-electron chi connectivity index (χ2n) is 11.8. The summed E-state index contributed by atoms with van der Waals surface area (Å²) < 4.78 is 61.3. The number of hydrogen-bond acceptors (Lipinski definition) is 6. The average Bonchev–Trinajstić information content (AvgIpc) is 3.39. The minimum absolute atomic E-state index is 0.00977. The molecule has 3 aliphatic rings. The number of nitrogens with zero attached hydrogens (tertiary/aromatic N) is 5. The molecule has 1 aromatic heterocycles. The topological polar surface area (TPSA) is 53.8 Å². The highest BCUT2D eigenvalue weighted by Gasteiger charge is 2.57. The molecule has 44 heavy (non-hydrogen) atoms. The number of piperazine rings is 1. The third-order valence-electron chi connectivity index (χ3n) is 8.93. The van der Waals surface area contributed by atoms with Gasteiger partial charge in [0.1, 0.15) is 11.3 Å². The molecule has 6 rings (SSSR count). The quantitative estimate of drug-likeness (QED) is 0.188. The Morgan fingerprint density at radius 3 is 2.45 bits per heavy atom. The zero-order chi connectivity index (χ0) is 31.0. The van der Waals surface area contributed by atoms with Crippen molar-refractivity contribution in [1.29, 1.82) is 0 Å². The molecule has 0 N–H and O–H groups in total. The number of aromatic nitrogens is 2. The fourth-order valence-electron chi connectivity index (χ4n) is 6.45. The summed E-state index contributed by atoms with van der Waals surface area (Å²) in [4.78, 5) is 18.9. The second kappa shape index (κ2) is 12.6. The number of carbonyl (C=O) groups is 1. The number of anilines is 2. The number of alkyl halides is 4. The zero-order valence-electron chi connectivity index (χ0n) is 24.6. The van der Waals surface area contributed by atoms with Crippen molar-refractivity contribution in [3.05, 3.63) is 64.9 Å². The molecule has 7 nitrogen and oxygen atoms in total. The lowest BCUT2D eigenvalue weighted by molar-refractivity contribution is 0.0512. The van der Waals surface area contributed by atoms with E-state index in [1.165, 1.54) is 10.9 Å². The number of ether oxygens (including phenoxy) is 1. The molecular formula is C32H36ClF4N5O2. The van der Waals surface area contributed by atoms with Crippen LogP contribution < -0.4 is 9.80 Å². The zero-order valence-corrected chi connectivity index (χ0v) is 25.3. The van der Waals surface area contributed by atoms with E-state index in [-0.39, 0.29) is 24.6 Å². The molecule has 3 aromatic rings. The molecule has 2 aliphatic heterocycles. The minimum Gasteiger partial charge on any atom is -0.462 e. The van der Waals surface area contributed by atoms with Gasteiger partial charge in [0.15, 0.2) is 0 Å². The number of piperidine rings is 1. The molecule has 0 amide bonds. The Labute approximate surface area is 259 Å². The molecule has 2 unspecified atom stereocenters. The molecule has 12 heteroatoms. The van der Waals surface area contributed by atoms with Gasteiger partial charge < -0.3 is 14.5 Å². The van der Waals surface area contributed by atoms with Crippen LogP contribution in [0.25, 0.3) is 11.1 Å². The lowest BCUT2D eigenvalue weighted by Gasteiger charge is -2.37. The SMILES string of the molecule is CCOC(=O)c1cnn(C2CCCN(c3cc(Cl)ccc3-c3ccc(N4CCN(CC5CC5(F)F)CC4)cc3)C2)c1C(F)F. The highest BCUT2D eigenvalue weighted by atomic mass is 35.5. The van der Waals surface area contributed by atoms with Crippen molar-refractivity contribution in [2.45, 2.75) is 44.6 Å². The maximum Gasteiger partial charge on any atom is 0.341 e. The summed E-state index contributed by atoms with van der Waals surface area (Å²) in [6, 6.07) is 13.6. The summed E-state index contributed by atoms with van der Waals surface area (Å²) in [6.07, 6.45) is -0.303. The van der Waals surface area contributed by atoms with Gasteiger partial charge in [-0.15, -0.1) is 0 Å². The van der Waals surface area contributed by atoms with Crippen molar-refractivity contribution in [2.24, 2.45) is 5.92 Å². The van der Waals surface area contributed by atoms with Crippen molar-refractivity contribution < 1.29 is 27.1 Å². The molecule has 236 valence electrons. The van der Waals surface area contributed by atoms with E-state index in [2.05, 4.69) is 44.1 Å². The first-order valence-corrected chi connectivity index (χ1v) is 15.5. The molecule has 2 aromatic carbocycles. The third kappa shape index (κ3) is 6.40. The van der Waals surface area contributed by atoms with Gasteiger partial charge in [0.05, 0.1) is 18.8 Å². The van der Waals surface area contributed by atoms with E-state index in [9.17, 15) is 22.4 Å². The van der Waals surface area contributed by atoms with Crippen LogP contribution in [0.1, 0.15) is 54.7 Å². The summed E-state index contributed by atoms with van der Waals surface area (Å²) in [6.45, 7) is 6.41. The Morgan fingerprint density at radius 1 is 1.07 bits per heavy atom. The Balaban J connectivity index is 1.17. The van der Waals surface area contributed by atoms with Gasteiger partial charge in [-0.25, -0.2) is 22.4 Å². The van der Waals surface area contributed by atoms with Gasteiger partial charge in [0.2, 0.25) is 0 Å². The summed E-state index contributed by atoms with van der Waals surface area (Å²) in [7, 11) is 0. The van der Waals surface area contributed by atoms with Gasteiger partial charge in [0.25, 0.3) is 12.3 Å². The Hall–Kier alpha value is -3.31. The van der Waals surface area contributed by atoms with Crippen molar-refractivity contribution in [3.63, 3.8) is 0 Å². The van der Waals surface area contributed by atoms with Crippen LogP contribution in [-0.4, -0.2) is 79.0 Å². The van der Waals surface area contributed by atoms with Gasteiger partial charge in [-0.3, -0.25) is 9.58 Å². The fourth-order valence-corrected chi connectivity index (χ4v) is 6.62. The van der Waals surface area contributed by atoms with Gasteiger partial charge in [-0.05, 0) is 49.6 Å². The summed E-state index contributed by atoms with van der Waals surface area (Å²) in [5.74, 6) is -3.78.